The van der Waals surface area contributed by atoms with Crippen molar-refractivity contribution in [3.8, 4) is 0 Å². The third kappa shape index (κ3) is 3.89. The first-order valence-electron chi connectivity index (χ1n) is 7.32. The van der Waals surface area contributed by atoms with Crippen LogP contribution in [0, 0.1) is 6.92 Å². The Morgan fingerprint density at radius 3 is 2.55 bits per heavy atom. The van der Waals surface area contributed by atoms with Gasteiger partial charge in [-0.1, -0.05) is 61.2 Å². The molecule has 0 radical (unpaired) electrons. The summed E-state index contributed by atoms with van der Waals surface area (Å²) in [4.78, 5) is 3.80. The highest BCUT2D eigenvalue weighted by atomic mass is 35.5. The minimum atomic E-state index is 0.462. The van der Waals surface area contributed by atoms with Crippen molar-refractivity contribution in [1.29, 1.82) is 0 Å². The summed E-state index contributed by atoms with van der Waals surface area (Å²) in [6, 6.07) is 10.8. The Morgan fingerprint density at radius 1 is 1.23 bits per heavy atom. The van der Waals surface area contributed by atoms with E-state index in [1.165, 1.54) is 21.6 Å². The number of fused-ring (bicyclic) bond motifs is 1. The fourth-order valence-corrected chi connectivity index (χ4v) is 4.21. The Kier molecular flexibility index (Phi) is 6.01. The average Bonchev–Trinajstić information content (AvgIpc) is 2.87. The maximum absolute atomic E-state index is 6.19. The quantitative estimate of drug-likeness (QED) is 0.643. The predicted molar refractivity (Wildman–Crippen MR) is 99.1 cm³/mol. The summed E-state index contributed by atoms with van der Waals surface area (Å²) in [5.74, 6) is 0.462. The molecule has 0 fully saturated rings. The Labute approximate surface area is 142 Å². The number of halogens is 1. The standard InChI is InChI=1S/C15H16ClNS.C4H6/c1-10-5-3-4-6-11(10)13-8-17(2)9-14-12(13)7-15(16)18-14;1-3-4-2/h3-7,13H,8-9H2,1-2H3;3-4H,1-2H2. The summed E-state index contributed by atoms with van der Waals surface area (Å²) in [7, 11) is 2.18. The Hall–Kier alpha value is -1.35. The number of aryl methyl sites for hydroxylation is 1. The fraction of sp³-hybridized carbons (Fsp3) is 0.263. The van der Waals surface area contributed by atoms with E-state index in [1.54, 1.807) is 23.5 Å². The molecule has 0 saturated carbocycles. The van der Waals surface area contributed by atoms with Gasteiger partial charge in [-0.2, -0.15) is 0 Å². The molecule has 0 aliphatic carbocycles. The Morgan fingerprint density at radius 2 is 1.91 bits per heavy atom. The lowest BCUT2D eigenvalue weighted by molar-refractivity contribution is 0.299. The summed E-state index contributed by atoms with van der Waals surface area (Å²) in [5, 5.41) is 0. The van der Waals surface area contributed by atoms with Crippen LogP contribution in [0.3, 0.4) is 0 Å². The van der Waals surface area contributed by atoms with E-state index in [9.17, 15) is 0 Å². The van der Waals surface area contributed by atoms with Crippen LogP contribution >= 0.6 is 22.9 Å². The summed E-state index contributed by atoms with van der Waals surface area (Å²) in [6.45, 7) is 11.0. The van der Waals surface area contributed by atoms with Crippen molar-refractivity contribution in [2.24, 2.45) is 0 Å². The van der Waals surface area contributed by atoms with Crippen LogP contribution in [0.15, 0.2) is 55.6 Å². The van der Waals surface area contributed by atoms with Crippen molar-refractivity contribution in [3.63, 3.8) is 0 Å². The van der Waals surface area contributed by atoms with E-state index in [1.807, 2.05) is 0 Å². The summed E-state index contributed by atoms with van der Waals surface area (Å²) in [6.07, 6.45) is 3.28. The summed E-state index contributed by atoms with van der Waals surface area (Å²) >= 11 is 7.91. The molecule has 1 unspecified atom stereocenters. The highest BCUT2D eigenvalue weighted by Gasteiger charge is 2.27. The lowest BCUT2D eigenvalue weighted by atomic mass is 9.86. The topological polar surface area (TPSA) is 3.24 Å². The second kappa shape index (κ2) is 7.77. The van der Waals surface area contributed by atoms with Crippen LogP contribution in [0.25, 0.3) is 0 Å². The SMILES string of the molecule is C=CC=C.Cc1ccccc1C1CN(C)Cc2sc(Cl)cc21. The number of benzene rings is 1. The van der Waals surface area contributed by atoms with E-state index < -0.39 is 0 Å². The molecule has 22 heavy (non-hydrogen) atoms. The van der Waals surface area contributed by atoms with E-state index in [0.717, 1.165) is 17.4 Å². The molecule has 0 bridgehead atoms. The molecule has 0 N–H and O–H groups in total. The van der Waals surface area contributed by atoms with Gasteiger partial charge in [-0.25, -0.2) is 0 Å². The first kappa shape index (κ1) is 17.0. The maximum atomic E-state index is 6.19. The molecule has 116 valence electrons. The van der Waals surface area contributed by atoms with Gasteiger partial charge in [0, 0.05) is 23.9 Å². The van der Waals surface area contributed by atoms with E-state index >= 15 is 0 Å². The molecule has 1 aromatic heterocycles. The molecule has 3 rings (SSSR count). The zero-order valence-corrected chi connectivity index (χ0v) is 14.8. The van der Waals surface area contributed by atoms with Gasteiger partial charge in [-0.15, -0.1) is 11.3 Å². The lowest BCUT2D eigenvalue weighted by Crippen LogP contribution is -2.30. The number of rotatable bonds is 2. The minimum Gasteiger partial charge on any atom is -0.300 e. The summed E-state index contributed by atoms with van der Waals surface area (Å²) in [5.41, 5.74) is 4.23. The molecule has 2 heterocycles. The number of likely N-dealkylation sites (N-methyl/N-ethyl adjacent to an activating group) is 1. The monoisotopic (exact) mass is 331 g/mol. The maximum Gasteiger partial charge on any atom is 0.0934 e. The van der Waals surface area contributed by atoms with E-state index in [2.05, 4.69) is 62.4 Å². The van der Waals surface area contributed by atoms with Gasteiger partial charge in [0.2, 0.25) is 0 Å². The van der Waals surface area contributed by atoms with Crippen LogP contribution in [-0.2, 0) is 6.54 Å². The van der Waals surface area contributed by atoms with Gasteiger partial charge < -0.3 is 4.90 Å². The van der Waals surface area contributed by atoms with Crippen LogP contribution in [0.5, 0.6) is 0 Å². The van der Waals surface area contributed by atoms with Gasteiger partial charge in [0.05, 0.1) is 4.34 Å². The van der Waals surface area contributed by atoms with Crippen molar-refractivity contribution in [2.75, 3.05) is 13.6 Å². The third-order valence-electron chi connectivity index (χ3n) is 3.83. The van der Waals surface area contributed by atoms with E-state index in [4.69, 9.17) is 11.6 Å². The van der Waals surface area contributed by atoms with E-state index in [-0.39, 0.29) is 0 Å². The smallest absolute Gasteiger partial charge is 0.0934 e. The average molecular weight is 332 g/mol. The summed E-state index contributed by atoms with van der Waals surface area (Å²) < 4.78 is 0.911. The van der Waals surface area contributed by atoms with Crippen LogP contribution in [0.2, 0.25) is 4.34 Å². The molecular weight excluding hydrogens is 310 g/mol. The molecule has 0 saturated heterocycles. The predicted octanol–water partition coefficient (Wildman–Crippen LogP) is 5.65. The zero-order valence-electron chi connectivity index (χ0n) is 13.2. The Balaban J connectivity index is 0.000000396. The number of nitrogens with zero attached hydrogens (tertiary/aromatic N) is 1. The van der Waals surface area contributed by atoms with Gasteiger partial charge in [0.25, 0.3) is 0 Å². The van der Waals surface area contributed by atoms with Gasteiger partial charge in [-0.05, 0) is 36.7 Å². The normalized spacial score (nSPS) is 17.1. The molecule has 1 atom stereocenters. The van der Waals surface area contributed by atoms with Crippen molar-refractivity contribution < 1.29 is 0 Å². The first-order chi connectivity index (χ1) is 10.6. The highest BCUT2D eigenvalue weighted by Crippen LogP contribution is 2.40. The van der Waals surface area contributed by atoms with Gasteiger partial charge in [-0.3, -0.25) is 0 Å². The van der Waals surface area contributed by atoms with Crippen LogP contribution in [0.1, 0.15) is 27.5 Å². The number of thiophene rings is 1. The van der Waals surface area contributed by atoms with Crippen molar-refractivity contribution >= 4 is 22.9 Å². The second-order valence-corrected chi connectivity index (χ2v) is 7.27. The molecule has 0 amide bonds. The first-order valence-corrected chi connectivity index (χ1v) is 8.52. The van der Waals surface area contributed by atoms with Crippen molar-refractivity contribution in [2.45, 2.75) is 19.4 Å². The minimum absolute atomic E-state index is 0.462. The number of hydrogen-bond donors (Lipinski definition) is 0. The third-order valence-corrected chi connectivity index (χ3v) is 5.09. The van der Waals surface area contributed by atoms with E-state index in [0.29, 0.717) is 5.92 Å². The molecule has 1 aliphatic heterocycles. The van der Waals surface area contributed by atoms with Crippen LogP contribution < -0.4 is 0 Å². The molecular formula is C19H22ClNS. The molecule has 0 spiro atoms. The Bertz CT molecular complexity index is 653. The van der Waals surface area contributed by atoms with Crippen molar-refractivity contribution in [1.82, 2.24) is 4.90 Å². The number of allylic oxidation sites excluding steroid dienone is 2. The second-order valence-electron chi connectivity index (χ2n) is 5.51. The zero-order chi connectivity index (χ0) is 16.1. The van der Waals surface area contributed by atoms with Crippen molar-refractivity contribution in [3.05, 3.63) is 81.5 Å². The molecule has 1 aromatic carbocycles. The number of hydrogen-bond acceptors (Lipinski definition) is 2. The van der Waals surface area contributed by atoms with Gasteiger partial charge >= 0.3 is 0 Å². The van der Waals surface area contributed by atoms with Crippen LogP contribution in [0.4, 0.5) is 0 Å². The lowest BCUT2D eigenvalue weighted by Gasteiger charge is -2.31. The largest absolute Gasteiger partial charge is 0.300 e. The highest BCUT2D eigenvalue weighted by molar-refractivity contribution is 7.16. The van der Waals surface area contributed by atoms with Crippen LogP contribution in [-0.4, -0.2) is 18.5 Å². The molecule has 1 aliphatic rings. The van der Waals surface area contributed by atoms with Gasteiger partial charge in [0.15, 0.2) is 0 Å². The van der Waals surface area contributed by atoms with Gasteiger partial charge in [0.1, 0.15) is 0 Å². The molecule has 1 nitrogen and oxygen atoms in total. The molecule has 3 heteroatoms. The fourth-order valence-electron chi connectivity index (χ4n) is 2.79. The molecule has 2 aromatic rings.